The van der Waals surface area contributed by atoms with Crippen LogP contribution in [-0.4, -0.2) is 12.6 Å². The summed E-state index contributed by atoms with van der Waals surface area (Å²) in [5.74, 6) is 0. The molecule has 1 rings (SSSR count). The number of hydrogen-bond acceptors (Lipinski definition) is 3. The highest BCUT2D eigenvalue weighted by atomic mass is 32.1. The lowest BCUT2D eigenvalue weighted by molar-refractivity contribution is 0.119. The monoisotopic (exact) mass is 269 g/mol. The molecule has 1 aromatic rings. The second kappa shape index (κ2) is 9.54. The van der Waals surface area contributed by atoms with Crippen LogP contribution in [0.5, 0.6) is 0 Å². The first-order chi connectivity index (χ1) is 8.72. The summed E-state index contributed by atoms with van der Waals surface area (Å²) in [7, 11) is 0. The highest BCUT2D eigenvalue weighted by molar-refractivity contribution is 7.11. The van der Waals surface area contributed by atoms with Gasteiger partial charge >= 0.3 is 0 Å². The van der Waals surface area contributed by atoms with E-state index in [0.29, 0.717) is 6.04 Å². The third-order valence-electron chi connectivity index (χ3n) is 2.79. The number of ether oxygens (including phenoxy) is 1. The second-order valence-corrected chi connectivity index (χ2v) is 6.27. The predicted octanol–water partition coefficient (Wildman–Crippen LogP) is 4.34. The Morgan fingerprint density at radius 2 is 1.94 bits per heavy atom. The van der Waals surface area contributed by atoms with E-state index in [1.807, 2.05) is 11.3 Å². The lowest BCUT2D eigenvalue weighted by atomic mass is 10.2. The van der Waals surface area contributed by atoms with Crippen molar-refractivity contribution in [2.24, 2.45) is 0 Å². The van der Waals surface area contributed by atoms with E-state index in [-0.39, 0.29) is 0 Å². The third kappa shape index (κ3) is 7.14. The van der Waals surface area contributed by atoms with Gasteiger partial charge in [0.25, 0.3) is 0 Å². The second-order valence-electron chi connectivity index (χ2n) is 5.02. The van der Waals surface area contributed by atoms with E-state index >= 15 is 0 Å². The maximum absolute atomic E-state index is 5.70. The van der Waals surface area contributed by atoms with E-state index in [9.17, 15) is 0 Å². The predicted molar refractivity (Wildman–Crippen MR) is 80.1 cm³/mol. The third-order valence-corrected chi connectivity index (χ3v) is 3.85. The Hall–Kier alpha value is -0.380. The van der Waals surface area contributed by atoms with Crippen LogP contribution in [0.4, 0.5) is 0 Å². The van der Waals surface area contributed by atoms with Crippen molar-refractivity contribution in [2.75, 3.05) is 6.61 Å². The molecule has 0 saturated carbocycles. The van der Waals surface area contributed by atoms with Crippen molar-refractivity contribution in [3.63, 3.8) is 0 Å². The molecule has 0 amide bonds. The topological polar surface area (TPSA) is 21.3 Å². The van der Waals surface area contributed by atoms with Gasteiger partial charge in [-0.25, -0.2) is 0 Å². The smallest absolute Gasteiger partial charge is 0.0809 e. The average Bonchev–Trinajstić information content (AvgIpc) is 2.79. The molecule has 0 spiro atoms. The Bertz CT molecular complexity index is 309. The van der Waals surface area contributed by atoms with Gasteiger partial charge in [-0.3, -0.25) is 0 Å². The molecule has 0 aliphatic carbocycles. The fourth-order valence-electron chi connectivity index (χ4n) is 1.70. The van der Waals surface area contributed by atoms with Crippen molar-refractivity contribution < 1.29 is 4.74 Å². The van der Waals surface area contributed by atoms with Crippen molar-refractivity contribution in [3.05, 3.63) is 21.9 Å². The molecule has 0 radical (unpaired) electrons. The Balaban J connectivity index is 2.11. The molecular weight excluding hydrogens is 242 g/mol. The van der Waals surface area contributed by atoms with E-state index in [4.69, 9.17) is 4.74 Å². The molecular formula is C15H27NOS. The number of nitrogens with one attached hydrogen (secondary N) is 1. The van der Waals surface area contributed by atoms with Crippen molar-refractivity contribution in [1.29, 1.82) is 0 Å². The van der Waals surface area contributed by atoms with Gasteiger partial charge in [0.1, 0.15) is 0 Å². The Kier molecular flexibility index (Phi) is 8.31. The minimum absolute atomic E-state index is 0.547. The van der Waals surface area contributed by atoms with Crippen LogP contribution in [-0.2, 0) is 17.9 Å². The van der Waals surface area contributed by atoms with Crippen molar-refractivity contribution in [3.8, 4) is 0 Å². The molecule has 0 aromatic carbocycles. The number of hydrogen-bond donors (Lipinski definition) is 1. The average molecular weight is 269 g/mol. The first kappa shape index (κ1) is 15.7. The van der Waals surface area contributed by atoms with Gasteiger partial charge in [-0.15, -0.1) is 11.3 Å². The quantitative estimate of drug-likeness (QED) is 0.638. The molecule has 1 N–H and O–H groups in total. The summed E-state index contributed by atoms with van der Waals surface area (Å²) in [5.41, 5.74) is 0. The summed E-state index contributed by atoms with van der Waals surface area (Å²) in [6, 6.07) is 4.94. The van der Waals surface area contributed by atoms with E-state index in [2.05, 4.69) is 38.2 Å². The van der Waals surface area contributed by atoms with E-state index in [1.165, 1.54) is 35.4 Å². The molecule has 0 aliphatic rings. The normalized spacial score (nSPS) is 11.3. The highest BCUT2D eigenvalue weighted by Crippen LogP contribution is 2.17. The van der Waals surface area contributed by atoms with Gasteiger partial charge in [0.2, 0.25) is 0 Å². The van der Waals surface area contributed by atoms with Crippen LogP contribution in [0.2, 0.25) is 0 Å². The molecule has 0 aliphatic heterocycles. The van der Waals surface area contributed by atoms with Crippen LogP contribution in [0.15, 0.2) is 12.1 Å². The summed E-state index contributed by atoms with van der Waals surface area (Å²) >= 11 is 1.86. The zero-order valence-corrected chi connectivity index (χ0v) is 12.8. The fraction of sp³-hybridized carbons (Fsp3) is 0.733. The van der Waals surface area contributed by atoms with Crippen molar-refractivity contribution in [2.45, 2.75) is 65.6 Å². The molecule has 104 valence electrons. The Morgan fingerprint density at radius 1 is 1.17 bits per heavy atom. The molecule has 1 aromatic heterocycles. The minimum Gasteiger partial charge on any atom is -0.376 e. The zero-order valence-electron chi connectivity index (χ0n) is 12.0. The van der Waals surface area contributed by atoms with Crippen LogP contribution in [0.3, 0.4) is 0 Å². The summed E-state index contributed by atoms with van der Waals surface area (Å²) in [6.45, 7) is 9.23. The van der Waals surface area contributed by atoms with Gasteiger partial charge < -0.3 is 10.1 Å². The lowest BCUT2D eigenvalue weighted by Gasteiger charge is -2.05. The van der Waals surface area contributed by atoms with Crippen molar-refractivity contribution in [1.82, 2.24) is 5.32 Å². The summed E-state index contributed by atoms with van der Waals surface area (Å²) < 4.78 is 5.70. The molecule has 3 heteroatoms. The molecule has 18 heavy (non-hydrogen) atoms. The number of thiophene rings is 1. The minimum atomic E-state index is 0.547. The number of unbranched alkanes of at least 4 members (excludes halogenated alkanes) is 3. The number of rotatable bonds is 10. The highest BCUT2D eigenvalue weighted by Gasteiger charge is 2.01. The van der Waals surface area contributed by atoms with Crippen LogP contribution in [0, 0.1) is 0 Å². The van der Waals surface area contributed by atoms with Crippen LogP contribution < -0.4 is 5.32 Å². The summed E-state index contributed by atoms with van der Waals surface area (Å²) in [6.07, 6.45) is 5.11. The van der Waals surface area contributed by atoms with Crippen LogP contribution in [0.1, 0.15) is 56.2 Å². The van der Waals surface area contributed by atoms with Gasteiger partial charge in [0, 0.05) is 28.9 Å². The largest absolute Gasteiger partial charge is 0.376 e. The zero-order chi connectivity index (χ0) is 13.2. The Morgan fingerprint density at radius 3 is 2.67 bits per heavy atom. The lowest BCUT2D eigenvalue weighted by Crippen LogP contribution is -2.21. The molecule has 1 heterocycles. The van der Waals surface area contributed by atoms with E-state index < -0.39 is 0 Å². The van der Waals surface area contributed by atoms with Crippen LogP contribution >= 0.6 is 11.3 Å². The van der Waals surface area contributed by atoms with Gasteiger partial charge in [-0.1, -0.05) is 40.0 Å². The molecule has 0 unspecified atom stereocenters. The molecule has 2 nitrogen and oxygen atoms in total. The van der Waals surface area contributed by atoms with Crippen molar-refractivity contribution >= 4 is 11.3 Å². The molecule has 0 atom stereocenters. The van der Waals surface area contributed by atoms with E-state index in [0.717, 1.165) is 19.8 Å². The Labute approximate surface area is 116 Å². The SMILES string of the molecule is CCCCCCOCc1ccc(CNC(C)C)s1. The molecule has 0 saturated heterocycles. The first-order valence-electron chi connectivity index (χ1n) is 7.11. The molecule has 0 fully saturated rings. The van der Waals surface area contributed by atoms with Gasteiger partial charge in [0.15, 0.2) is 0 Å². The van der Waals surface area contributed by atoms with Gasteiger partial charge in [-0.2, -0.15) is 0 Å². The maximum atomic E-state index is 5.70. The fourth-order valence-corrected chi connectivity index (χ4v) is 2.61. The van der Waals surface area contributed by atoms with Gasteiger partial charge in [-0.05, 0) is 18.6 Å². The summed E-state index contributed by atoms with van der Waals surface area (Å²) in [5, 5.41) is 3.44. The molecule has 0 bridgehead atoms. The van der Waals surface area contributed by atoms with Crippen LogP contribution in [0.25, 0.3) is 0 Å². The summed E-state index contributed by atoms with van der Waals surface area (Å²) in [4.78, 5) is 2.74. The first-order valence-corrected chi connectivity index (χ1v) is 7.92. The standard InChI is InChI=1S/C15H27NOS/c1-4-5-6-7-10-17-12-15-9-8-14(18-15)11-16-13(2)3/h8-9,13,16H,4-7,10-12H2,1-3H3. The maximum Gasteiger partial charge on any atom is 0.0809 e. The van der Waals surface area contributed by atoms with E-state index in [1.54, 1.807) is 0 Å². The van der Waals surface area contributed by atoms with Gasteiger partial charge in [0.05, 0.1) is 6.61 Å².